The van der Waals surface area contributed by atoms with E-state index in [2.05, 4.69) is 15.3 Å². The van der Waals surface area contributed by atoms with Crippen molar-refractivity contribution in [1.82, 2.24) is 14.9 Å². The molecule has 0 radical (unpaired) electrons. The molecular weight excluding hydrogens is 292 g/mol. The van der Waals surface area contributed by atoms with Crippen LogP contribution in [0.15, 0.2) is 36.5 Å². The quantitative estimate of drug-likeness (QED) is 0.939. The van der Waals surface area contributed by atoms with Gasteiger partial charge in [0.05, 0.1) is 18.8 Å². The molecule has 1 unspecified atom stereocenters. The highest BCUT2D eigenvalue weighted by atomic mass is 16.5. The second kappa shape index (κ2) is 6.75. The summed E-state index contributed by atoms with van der Waals surface area (Å²) in [5.41, 5.74) is 3.21. The van der Waals surface area contributed by atoms with Crippen LogP contribution in [0.25, 0.3) is 0 Å². The number of aryl methyl sites for hydroxylation is 1. The monoisotopic (exact) mass is 312 g/mol. The number of carbonyl (C=O) groups excluding carboxylic acids is 1. The van der Waals surface area contributed by atoms with E-state index in [1.807, 2.05) is 32.2 Å². The Morgan fingerprint density at radius 2 is 2.26 bits per heavy atom. The van der Waals surface area contributed by atoms with Crippen molar-refractivity contribution in [3.63, 3.8) is 0 Å². The number of rotatable bonds is 3. The second-order valence-corrected chi connectivity index (χ2v) is 5.50. The van der Waals surface area contributed by atoms with Crippen molar-refractivity contribution in [2.24, 2.45) is 0 Å². The molecule has 3 rings (SSSR count). The Kier molecular flexibility index (Phi) is 4.52. The van der Waals surface area contributed by atoms with E-state index in [1.54, 1.807) is 23.2 Å². The highest BCUT2D eigenvalue weighted by molar-refractivity contribution is 5.92. The zero-order valence-corrected chi connectivity index (χ0v) is 13.3. The van der Waals surface area contributed by atoms with Gasteiger partial charge >= 0.3 is 0 Å². The summed E-state index contributed by atoms with van der Waals surface area (Å²) in [5, 5.41) is 3.12. The fourth-order valence-corrected chi connectivity index (χ4v) is 2.67. The van der Waals surface area contributed by atoms with E-state index >= 15 is 0 Å². The summed E-state index contributed by atoms with van der Waals surface area (Å²) in [6.07, 6.45) is 1.41. The van der Waals surface area contributed by atoms with Crippen molar-refractivity contribution in [2.75, 3.05) is 32.1 Å². The van der Waals surface area contributed by atoms with Gasteiger partial charge in [-0.1, -0.05) is 6.07 Å². The zero-order chi connectivity index (χ0) is 16.2. The number of carbonyl (C=O) groups is 1. The molecule has 1 aliphatic rings. The predicted molar refractivity (Wildman–Crippen MR) is 87.4 cm³/mol. The second-order valence-electron chi connectivity index (χ2n) is 5.50. The molecule has 6 heteroatoms. The number of ether oxygens (including phenoxy) is 1. The van der Waals surface area contributed by atoms with Crippen molar-refractivity contribution in [3.8, 4) is 0 Å². The third-order valence-electron chi connectivity index (χ3n) is 3.83. The van der Waals surface area contributed by atoms with Gasteiger partial charge in [0.1, 0.15) is 11.8 Å². The SMILES string of the molecule is CNc1cc(C)nc(C2CN(C(=O)c3ccccn3)CCO2)c1. The van der Waals surface area contributed by atoms with Crippen LogP contribution in [-0.4, -0.2) is 47.5 Å². The summed E-state index contributed by atoms with van der Waals surface area (Å²) >= 11 is 0. The normalized spacial score (nSPS) is 17.8. The van der Waals surface area contributed by atoms with Gasteiger partial charge in [0.15, 0.2) is 0 Å². The van der Waals surface area contributed by atoms with Crippen LogP contribution in [0.3, 0.4) is 0 Å². The molecule has 1 atom stereocenters. The van der Waals surface area contributed by atoms with Gasteiger partial charge in [-0.3, -0.25) is 14.8 Å². The van der Waals surface area contributed by atoms with Crippen molar-refractivity contribution in [2.45, 2.75) is 13.0 Å². The molecule has 1 saturated heterocycles. The van der Waals surface area contributed by atoms with Crippen molar-refractivity contribution >= 4 is 11.6 Å². The van der Waals surface area contributed by atoms with Crippen molar-refractivity contribution in [3.05, 3.63) is 53.6 Å². The molecular formula is C17H20N4O2. The Morgan fingerprint density at radius 3 is 3.00 bits per heavy atom. The van der Waals surface area contributed by atoms with Gasteiger partial charge in [0.25, 0.3) is 5.91 Å². The first-order valence-electron chi connectivity index (χ1n) is 7.65. The van der Waals surface area contributed by atoms with Crippen LogP contribution in [-0.2, 0) is 4.74 Å². The number of amides is 1. The van der Waals surface area contributed by atoms with E-state index in [9.17, 15) is 4.79 Å². The summed E-state index contributed by atoms with van der Waals surface area (Å²) in [6, 6.07) is 9.29. The Hall–Kier alpha value is -2.47. The fourth-order valence-electron chi connectivity index (χ4n) is 2.67. The first-order chi connectivity index (χ1) is 11.2. The summed E-state index contributed by atoms with van der Waals surface area (Å²) in [6.45, 7) is 3.49. The molecule has 0 bridgehead atoms. The Labute approximate surface area is 135 Å². The minimum atomic E-state index is -0.219. The smallest absolute Gasteiger partial charge is 0.272 e. The Bertz CT molecular complexity index is 690. The number of pyridine rings is 2. The summed E-state index contributed by atoms with van der Waals surface area (Å²) in [7, 11) is 1.87. The van der Waals surface area contributed by atoms with E-state index in [0.717, 1.165) is 17.1 Å². The first-order valence-corrected chi connectivity index (χ1v) is 7.65. The number of hydrogen-bond acceptors (Lipinski definition) is 5. The highest BCUT2D eigenvalue weighted by Gasteiger charge is 2.27. The molecule has 0 saturated carbocycles. The molecule has 2 aromatic rings. The van der Waals surface area contributed by atoms with E-state index in [0.29, 0.717) is 25.4 Å². The number of aromatic nitrogens is 2. The van der Waals surface area contributed by atoms with Crippen LogP contribution in [0.4, 0.5) is 5.69 Å². The van der Waals surface area contributed by atoms with Crippen LogP contribution < -0.4 is 5.32 Å². The summed E-state index contributed by atoms with van der Waals surface area (Å²) in [5.74, 6) is -0.0691. The molecule has 0 spiro atoms. The van der Waals surface area contributed by atoms with E-state index < -0.39 is 0 Å². The zero-order valence-electron chi connectivity index (χ0n) is 13.3. The third kappa shape index (κ3) is 3.48. The molecule has 0 aromatic carbocycles. The van der Waals surface area contributed by atoms with Gasteiger partial charge in [0.2, 0.25) is 0 Å². The summed E-state index contributed by atoms with van der Waals surface area (Å²) < 4.78 is 5.83. The number of nitrogens with one attached hydrogen (secondary N) is 1. The molecule has 3 heterocycles. The van der Waals surface area contributed by atoms with Crippen LogP contribution in [0.5, 0.6) is 0 Å². The number of nitrogens with zero attached hydrogens (tertiary/aromatic N) is 3. The van der Waals surface area contributed by atoms with E-state index in [4.69, 9.17) is 4.74 Å². The lowest BCUT2D eigenvalue weighted by Crippen LogP contribution is -2.42. The minimum Gasteiger partial charge on any atom is -0.388 e. The van der Waals surface area contributed by atoms with Crippen molar-refractivity contribution < 1.29 is 9.53 Å². The average Bonchev–Trinajstić information content (AvgIpc) is 2.61. The van der Waals surface area contributed by atoms with Crippen molar-refractivity contribution in [1.29, 1.82) is 0 Å². The Balaban J connectivity index is 1.78. The molecule has 1 fully saturated rings. The molecule has 1 N–H and O–H groups in total. The van der Waals surface area contributed by atoms with E-state index in [1.165, 1.54) is 0 Å². The molecule has 1 aliphatic heterocycles. The van der Waals surface area contributed by atoms with Gasteiger partial charge in [0, 0.05) is 31.2 Å². The molecule has 1 amide bonds. The lowest BCUT2D eigenvalue weighted by molar-refractivity contribution is -0.0249. The topological polar surface area (TPSA) is 67.4 Å². The van der Waals surface area contributed by atoms with Gasteiger partial charge in [-0.25, -0.2) is 0 Å². The van der Waals surface area contributed by atoms with Crippen LogP contribution in [0.1, 0.15) is 28.0 Å². The maximum Gasteiger partial charge on any atom is 0.272 e. The highest BCUT2D eigenvalue weighted by Crippen LogP contribution is 2.24. The van der Waals surface area contributed by atoms with Gasteiger partial charge in [-0.05, 0) is 31.2 Å². The molecule has 120 valence electrons. The molecule has 2 aromatic heterocycles. The lowest BCUT2D eigenvalue weighted by atomic mass is 10.1. The third-order valence-corrected chi connectivity index (χ3v) is 3.83. The molecule has 6 nitrogen and oxygen atoms in total. The maximum absolute atomic E-state index is 12.5. The first kappa shape index (κ1) is 15.4. The van der Waals surface area contributed by atoms with Crippen LogP contribution in [0.2, 0.25) is 0 Å². The standard InChI is InChI=1S/C17H20N4O2/c1-12-9-13(18-2)10-15(20-12)16-11-21(7-8-23-16)17(22)14-5-3-4-6-19-14/h3-6,9-10,16H,7-8,11H2,1-2H3,(H,18,20). The number of morpholine rings is 1. The molecule has 23 heavy (non-hydrogen) atoms. The minimum absolute atomic E-state index is 0.0691. The average molecular weight is 312 g/mol. The van der Waals surface area contributed by atoms with Gasteiger partial charge in [-0.2, -0.15) is 0 Å². The molecule has 0 aliphatic carbocycles. The number of hydrogen-bond donors (Lipinski definition) is 1. The van der Waals surface area contributed by atoms with Crippen LogP contribution in [0, 0.1) is 6.92 Å². The summed E-state index contributed by atoms with van der Waals surface area (Å²) in [4.78, 5) is 23.0. The van der Waals surface area contributed by atoms with Gasteiger partial charge in [-0.15, -0.1) is 0 Å². The Morgan fingerprint density at radius 1 is 1.39 bits per heavy atom. The fraction of sp³-hybridized carbons (Fsp3) is 0.353. The predicted octanol–water partition coefficient (Wildman–Crippen LogP) is 2.04. The lowest BCUT2D eigenvalue weighted by Gasteiger charge is -2.32. The largest absolute Gasteiger partial charge is 0.388 e. The van der Waals surface area contributed by atoms with Gasteiger partial charge < -0.3 is 15.0 Å². The van der Waals surface area contributed by atoms with E-state index in [-0.39, 0.29) is 12.0 Å². The maximum atomic E-state index is 12.5. The number of anilines is 1. The van der Waals surface area contributed by atoms with Crippen LogP contribution >= 0.6 is 0 Å².